The molecule has 4 aromatic rings. The Morgan fingerprint density at radius 3 is 2.09 bits per heavy atom. The molecule has 1 aliphatic rings. The predicted octanol–water partition coefficient (Wildman–Crippen LogP) is 5.33. The number of hydrogen-bond acceptors (Lipinski definition) is 20. The van der Waals surface area contributed by atoms with Gasteiger partial charge in [0, 0.05) is 69.1 Å². The first-order chi connectivity index (χ1) is 32.0. The number of aliphatic hydroxyl groups is 1. The molecule has 0 saturated carbocycles. The minimum atomic E-state index is -5.78. The molecule has 5 rings (SSSR count). The number of phosphoric ester groups is 1. The second kappa shape index (κ2) is 23.3. The molecule has 2 unspecified atom stereocenters. The lowest BCUT2D eigenvalue weighted by Crippen LogP contribution is -2.33. The second-order valence-electron chi connectivity index (χ2n) is 14.2. The summed E-state index contributed by atoms with van der Waals surface area (Å²) in [4.78, 5) is 88.4. The van der Waals surface area contributed by atoms with Gasteiger partial charge in [0.15, 0.2) is 0 Å². The number of methoxy groups -OCH3 is 2. The van der Waals surface area contributed by atoms with Crippen molar-refractivity contribution in [2.75, 3.05) is 45.9 Å². The zero-order chi connectivity index (χ0) is 49.8. The average molecular weight is 1010 g/mol. The molecule has 1 saturated heterocycles. The summed E-state index contributed by atoms with van der Waals surface area (Å²) < 4.78 is 63.6. The number of non-ortho nitro benzene ring substituents is 1. The van der Waals surface area contributed by atoms with Gasteiger partial charge in [-0.15, -0.1) is 10.2 Å². The Morgan fingerprint density at radius 1 is 0.941 bits per heavy atom. The maximum atomic E-state index is 12.6. The molecule has 68 heavy (non-hydrogen) atoms. The molecule has 0 aliphatic carbocycles. The van der Waals surface area contributed by atoms with Crippen molar-refractivity contribution in [3.8, 4) is 11.5 Å². The van der Waals surface area contributed by atoms with Crippen LogP contribution in [0, 0.1) is 10.1 Å². The molecule has 5 atom stereocenters. The summed E-state index contributed by atoms with van der Waals surface area (Å²) in [6, 6.07) is 15.9. The summed E-state index contributed by atoms with van der Waals surface area (Å²) in [5.74, 6) is 0.386. The summed E-state index contributed by atoms with van der Waals surface area (Å²) in [6.45, 7) is -0.435. The summed E-state index contributed by atoms with van der Waals surface area (Å²) in [7, 11) is -12.2. The number of nitro benzene ring substituents is 1. The third kappa shape index (κ3) is 15.7. The fourth-order valence-electron chi connectivity index (χ4n) is 6.05. The smallest absolute Gasteiger partial charge is 0.490 e. The molecule has 366 valence electrons. The highest BCUT2D eigenvalue weighted by Crippen LogP contribution is 2.66. The van der Waals surface area contributed by atoms with Crippen LogP contribution in [0.15, 0.2) is 103 Å². The Kier molecular flexibility index (Phi) is 18.1. The number of nitrogens with zero attached hydrogens (tertiary/aromatic N) is 7. The van der Waals surface area contributed by atoms with Crippen molar-refractivity contribution >= 4 is 69.6 Å². The van der Waals surface area contributed by atoms with E-state index in [0.717, 1.165) is 16.5 Å². The minimum Gasteiger partial charge on any atom is -0.494 e. The van der Waals surface area contributed by atoms with Crippen molar-refractivity contribution in [3.63, 3.8) is 0 Å². The number of phosphoric acid groups is 3. The van der Waals surface area contributed by atoms with E-state index < -0.39 is 64.7 Å². The highest BCUT2D eigenvalue weighted by Gasteiger charge is 2.43. The normalized spacial score (nSPS) is 18.1. The number of aromatic amines is 1. The molecule has 0 spiro atoms. The zero-order valence-corrected chi connectivity index (χ0v) is 38.6. The van der Waals surface area contributed by atoms with Crippen LogP contribution in [-0.4, -0.2) is 98.2 Å². The zero-order valence-electron chi connectivity index (χ0n) is 35.9. The standard InChI is InChI=1S/C37H44N9O19P3/c1-44(26-12-8-24(9-13-26)40-42-28-18-32(61-3)29(19-31(28)60-2)43-41-25-10-14-27(15-11-25)46(51)52)17-5-7-34(48)38-16-4-6-23-21-45(37(50)39-36(23)49)35-20-30(47)33(63-35)22-62-67(56,57)65-68(58,59)64-66(53,54)55/h4,6,8-15,18-19,21,30,33,35,47H,5,7,16-17,20,22H2,1-3H3,(H,38,48)(H,56,57)(H,58,59)(H,39,49,50)(H2,53,54,55)/b6-4+,42-40?,43-41?/t30-,33+,35+/m0/s1. The summed E-state index contributed by atoms with van der Waals surface area (Å²) in [5, 5.41) is 41.0. The van der Waals surface area contributed by atoms with Crippen LogP contribution in [0.4, 0.5) is 34.1 Å². The number of hydrogen-bond donors (Lipinski definition) is 7. The Morgan fingerprint density at radius 2 is 1.53 bits per heavy atom. The molecule has 1 aliphatic heterocycles. The van der Waals surface area contributed by atoms with Crippen molar-refractivity contribution in [3.05, 3.63) is 109 Å². The largest absolute Gasteiger partial charge is 0.494 e. The first-order valence-electron chi connectivity index (χ1n) is 19.6. The van der Waals surface area contributed by atoms with Gasteiger partial charge in [0.2, 0.25) is 5.91 Å². The lowest BCUT2D eigenvalue weighted by Gasteiger charge is -2.19. The van der Waals surface area contributed by atoms with E-state index in [0.29, 0.717) is 47.2 Å². The highest BCUT2D eigenvalue weighted by atomic mass is 31.3. The van der Waals surface area contributed by atoms with E-state index in [2.05, 4.69) is 43.9 Å². The van der Waals surface area contributed by atoms with Gasteiger partial charge in [0.1, 0.15) is 35.2 Å². The number of benzene rings is 3. The van der Waals surface area contributed by atoms with Crippen molar-refractivity contribution in [1.82, 2.24) is 14.9 Å². The van der Waals surface area contributed by atoms with Crippen molar-refractivity contribution in [2.45, 2.75) is 37.7 Å². The number of amides is 1. The van der Waals surface area contributed by atoms with Crippen molar-refractivity contribution in [2.24, 2.45) is 20.5 Å². The summed E-state index contributed by atoms with van der Waals surface area (Å²) >= 11 is 0. The van der Waals surface area contributed by atoms with Gasteiger partial charge in [-0.3, -0.25) is 33.8 Å². The fraction of sp³-hybridized carbons (Fsp3) is 0.324. The van der Waals surface area contributed by atoms with E-state index in [1.165, 1.54) is 50.6 Å². The number of anilines is 1. The van der Waals surface area contributed by atoms with E-state index in [-0.39, 0.29) is 36.5 Å². The molecular formula is C37H44N9O19P3. The number of H-pyrrole nitrogens is 1. The number of carbonyl (C=O) groups excluding carboxylic acids is 1. The SMILES string of the molecule is COc1cc(N=Nc2ccc([N+](=O)[O-])cc2)c(OC)cc1N=Nc1ccc(N(C)CCCC(=O)NC/C=C/c2cn([C@H]3C[C@H](O)[C@@H](COP(=O)(O)OP(=O)(O)OP(=O)(O)O)O3)c(=O)[nH]c2=O)cc1. The predicted molar refractivity (Wildman–Crippen MR) is 238 cm³/mol. The number of nitro groups is 1. The Balaban J connectivity index is 1.07. The monoisotopic (exact) mass is 1010 g/mol. The van der Waals surface area contributed by atoms with Crippen LogP contribution >= 0.6 is 23.5 Å². The van der Waals surface area contributed by atoms with E-state index >= 15 is 0 Å². The fourth-order valence-corrected chi connectivity index (χ4v) is 9.08. The third-order valence-corrected chi connectivity index (χ3v) is 13.1. The Bertz CT molecular complexity index is 2800. The first kappa shape index (κ1) is 52.8. The van der Waals surface area contributed by atoms with Gasteiger partial charge in [-0.2, -0.15) is 18.8 Å². The van der Waals surface area contributed by atoms with Crippen LogP contribution in [0.1, 0.15) is 31.1 Å². The van der Waals surface area contributed by atoms with E-state index in [1.54, 1.807) is 24.3 Å². The van der Waals surface area contributed by atoms with Crippen LogP contribution in [0.3, 0.4) is 0 Å². The van der Waals surface area contributed by atoms with E-state index in [1.807, 2.05) is 24.1 Å². The van der Waals surface area contributed by atoms with Gasteiger partial charge < -0.3 is 49.1 Å². The number of aliphatic hydroxyl groups excluding tert-OH is 1. The topological polar surface area (TPSA) is 388 Å². The molecule has 2 heterocycles. The number of carbonyl (C=O) groups is 1. The van der Waals surface area contributed by atoms with Gasteiger partial charge in [0.05, 0.1) is 48.8 Å². The lowest BCUT2D eigenvalue weighted by molar-refractivity contribution is -0.384. The second-order valence-corrected chi connectivity index (χ2v) is 18.6. The molecule has 0 radical (unpaired) electrons. The number of ether oxygens (including phenoxy) is 3. The number of azo groups is 2. The van der Waals surface area contributed by atoms with Crippen LogP contribution < -0.4 is 30.9 Å². The van der Waals surface area contributed by atoms with E-state index in [4.69, 9.17) is 24.0 Å². The highest BCUT2D eigenvalue weighted by molar-refractivity contribution is 7.66. The third-order valence-electron chi connectivity index (χ3n) is 9.32. The molecule has 0 bridgehead atoms. The molecule has 7 N–H and O–H groups in total. The molecule has 1 fully saturated rings. The van der Waals surface area contributed by atoms with Crippen molar-refractivity contribution in [1.29, 1.82) is 0 Å². The molecule has 28 nitrogen and oxygen atoms in total. The summed E-state index contributed by atoms with van der Waals surface area (Å²) in [6.07, 6.45) is 0.150. The molecule has 3 aromatic carbocycles. The number of nitrogens with one attached hydrogen (secondary N) is 2. The molecule has 1 aromatic heterocycles. The maximum absolute atomic E-state index is 12.6. The van der Waals surface area contributed by atoms with Gasteiger partial charge in [-0.1, -0.05) is 12.2 Å². The van der Waals surface area contributed by atoms with Crippen LogP contribution in [0.5, 0.6) is 11.5 Å². The van der Waals surface area contributed by atoms with Gasteiger partial charge in [0.25, 0.3) is 11.2 Å². The molecule has 31 heteroatoms. The quantitative estimate of drug-likeness (QED) is 0.0213. The van der Waals surface area contributed by atoms with E-state index in [9.17, 15) is 53.1 Å². The number of aromatic nitrogens is 2. The summed E-state index contributed by atoms with van der Waals surface area (Å²) in [5.41, 5.74) is 0.599. The molecular weight excluding hydrogens is 967 g/mol. The van der Waals surface area contributed by atoms with Gasteiger partial charge in [-0.05, 0) is 42.8 Å². The molecule has 1 amide bonds. The van der Waals surface area contributed by atoms with Gasteiger partial charge >= 0.3 is 29.2 Å². The Labute approximate surface area is 384 Å². The lowest BCUT2D eigenvalue weighted by atomic mass is 10.2. The van der Waals surface area contributed by atoms with Crippen molar-refractivity contribution < 1.29 is 75.4 Å². The average Bonchev–Trinajstić information content (AvgIpc) is 3.64. The van der Waals surface area contributed by atoms with Crippen LogP contribution in [0.25, 0.3) is 6.08 Å². The first-order valence-corrected chi connectivity index (χ1v) is 24.1. The number of rotatable bonds is 23. The maximum Gasteiger partial charge on any atom is 0.490 e. The van der Waals surface area contributed by atoms with Crippen LogP contribution in [-0.2, 0) is 36.4 Å². The van der Waals surface area contributed by atoms with Crippen LogP contribution in [0.2, 0.25) is 0 Å². The van der Waals surface area contributed by atoms with Gasteiger partial charge in [-0.25, -0.2) is 18.5 Å². The Hall–Kier alpha value is -6.12. The minimum absolute atomic E-state index is 0.0167.